The van der Waals surface area contributed by atoms with Crippen LogP contribution in [0.3, 0.4) is 0 Å². The lowest BCUT2D eigenvalue weighted by molar-refractivity contribution is -0.127. The number of benzene rings is 2. The highest BCUT2D eigenvalue weighted by atomic mass is 16.5. The lowest BCUT2D eigenvalue weighted by Crippen LogP contribution is -2.37. The van der Waals surface area contributed by atoms with Crippen molar-refractivity contribution >= 4 is 5.91 Å². The third-order valence-electron chi connectivity index (χ3n) is 4.54. The molecule has 1 amide bonds. The minimum Gasteiger partial charge on any atom is -0.497 e. The molecule has 0 aliphatic heterocycles. The SMILES string of the molecule is COc1ccc(CCCNC(=O)C(C)Oc2cc(C)cc(C)c2C)cc1. The van der Waals surface area contributed by atoms with Gasteiger partial charge in [0.25, 0.3) is 5.91 Å². The Morgan fingerprint density at radius 3 is 2.46 bits per heavy atom. The van der Waals surface area contributed by atoms with Crippen molar-refractivity contribution < 1.29 is 14.3 Å². The fraction of sp³-hybridized carbons (Fsp3) is 0.409. The predicted octanol–water partition coefficient (Wildman–Crippen LogP) is 4.14. The van der Waals surface area contributed by atoms with Crippen LogP contribution in [0, 0.1) is 20.8 Å². The van der Waals surface area contributed by atoms with Crippen LogP contribution in [0.5, 0.6) is 11.5 Å². The van der Waals surface area contributed by atoms with E-state index in [2.05, 4.69) is 30.4 Å². The molecule has 0 aliphatic carbocycles. The van der Waals surface area contributed by atoms with Crippen LogP contribution in [0.1, 0.15) is 35.6 Å². The van der Waals surface area contributed by atoms with Gasteiger partial charge in [-0.1, -0.05) is 18.2 Å². The third kappa shape index (κ3) is 5.51. The van der Waals surface area contributed by atoms with Crippen molar-refractivity contribution in [1.82, 2.24) is 5.32 Å². The van der Waals surface area contributed by atoms with Crippen LogP contribution in [-0.4, -0.2) is 25.7 Å². The number of carbonyl (C=O) groups excluding carboxylic acids is 1. The summed E-state index contributed by atoms with van der Waals surface area (Å²) in [6, 6.07) is 12.1. The summed E-state index contributed by atoms with van der Waals surface area (Å²) in [6.45, 7) is 8.52. The molecule has 0 saturated heterocycles. The minimum absolute atomic E-state index is 0.0849. The highest BCUT2D eigenvalue weighted by Crippen LogP contribution is 2.24. The molecule has 2 aromatic rings. The molecule has 1 N–H and O–H groups in total. The van der Waals surface area contributed by atoms with Gasteiger partial charge in [-0.15, -0.1) is 0 Å². The fourth-order valence-corrected chi connectivity index (χ4v) is 2.81. The second-order valence-electron chi connectivity index (χ2n) is 6.71. The molecule has 0 fully saturated rings. The van der Waals surface area contributed by atoms with Crippen LogP contribution in [0.4, 0.5) is 0 Å². The molecule has 0 spiro atoms. The summed E-state index contributed by atoms with van der Waals surface area (Å²) in [5.41, 5.74) is 4.62. The molecule has 2 aromatic carbocycles. The number of ether oxygens (including phenoxy) is 2. The summed E-state index contributed by atoms with van der Waals surface area (Å²) in [5.74, 6) is 1.55. The minimum atomic E-state index is -0.518. The average molecular weight is 355 g/mol. The first-order valence-electron chi connectivity index (χ1n) is 9.06. The largest absolute Gasteiger partial charge is 0.497 e. The topological polar surface area (TPSA) is 47.6 Å². The molecule has 0 aromatic heterocycles. The van der Waals surface area contributed by atoms with Crippen LogP contribution in [-0.2, 0) is 11.2 Å². The highest BCUT2D eigenvalue weighted by molar-refractivity contribution is 5.80. The first-order chi connectivity index (χ1) is 12.4. The molecule has 0 saturated carbocycles. The van der Waals surface area contributed by atoms with Crippen molar-refractivity contribution in [3.05, 3.63) is 58.7 Å². The number of aryl methyl sites for hydroxylation is 3. The van der Waals surface area contributed by atoms with E-state index in [1.165, 1.54) is 11.1 Å². The standard InChI is InChI=1S/C22H29NO3/c1-15-13-16(2)17(3)21(14-15)26-18(4)22(24)23-12-6-7-19-8-10-20(25-5)11-9-19/h8-11,13-14,18H,6-7,12H2,1-5H3,(H,23,24). The van der Waals surface area contributed by atoms with E-state index in [0.717, 1.165) is 35.5 Å². The highest BCUT2D eigenvalue weighted by Gasteiger charge is 2.16. The van der Waals surface area contributed by atoms with Gasteiger partial charge in [-0.05, 0) is 81.0 Å². The lowest BCUT2D eigenvalue weighted by atomic mass is 10.1. The maximum absolute atomic E-state index is 12.3. The monoisotopic (exact) mass is 355 g/mol. The van der Waals surface area contributed by atoms with Crippen molar-refractivity contribution in [3.63, 3.8) is 0 Å². The molecular weight excluding hydrogens is 326 g/mol. The molecule has 26 heavy (non-hydrogen) atoms. The maximum atomic E-state index is 12.3. The molecule has 0 bridgehead atoms. The van der Waals surface area contributed by atoms with E-state index < -0.39 is 6.10 Å². The fourth-order valence-electron chi connectivity index (χ4n) is 2.81. The van der Waals surface area contributed by atoms with Gasteiger partial charge in [0, 0.05) is 6.54 Å². The van der Waals surface area contributed by atoms with E-state index in [4.69, 9.17) is 9.47 Å². The first-order valence-corrected chi connectivity index (χ1v) is 9.06. The Bertz CT molecular complexity index is 738. The van der Waals surface area contributed by atoms with Crippen molar-refractivity contribution in [2.24, 2.45) is 0 Å². The van der Waals surface area contributed by atoms with Gasteiger partial charge >= 0.3 is 0 Å². The van der Waals surface area contributed by atoms with Gasteiger partial charge in [-0.3, -0.25) is 4.79 Å². The summed E-state index contributed by atoms with van der Waals surface area (Å²) < 4.78 is 11.0. The zero-order valence-electron chi connectivity index (χ0n) is 16.4. The van der Waals surface area contributed by atoms with E-state index in [0.29, 0.717) is 6.54 Å². The summed E-state index contributed by atoms with van der Waals surface area (Å²) >= 11 is 0. The summed E-state index contributed by atoms with van der Waals surface area (Å²) in [6.07, 6.45) is 1.28. The first kappa shape index (κ1) is 19.8. The van der Waals surface area contributed by atoms with Gasteiger partial charge in [0.05, 0.1) is 7.11 Å². The van der Waals surface area contributed by atoms with Crippen LogP contribution in [0.25, 0.3) is 0 Å². The van der Waals surface area contributed by atoms with Crippen molar-refractivity contribution in [2.75, 3.05) is 13.7 Å². The Balaban J connectivity index is 1.78. The van der Waals surface area contributed by atoms with Crippen LogP contribution in [0.15, 0.2) is 36.4 Å². The summed E-state index contributed by atoms with van der Waals surface area (Å²) in [7, 11) is 1.66. The van der Waals surface area contributed by atoms with E-state index in [-0.39, 0.29) is 5.91 Å². The quantitative estimate of drug-likeness (QED) is 0.724. The van der Waals surface area contributed by atoms with Gasteiger partial charge in [0.2, 0.25) is 0 Å². The second kappa shape index (κ2) is 9.27. The van der Waals surface area contributed by atoms with Crippen molar-refractivity contribution in [3.8, 4) is 11.5 Å². The predicted molar refractivity (Wildman–Crippen MR) is 105 cm³/mol. The van der Waals surface area contributed by atoms with Gasteiger partial charge in [0.15, 0.2) is 6.10 Å². The number of hydrogen-bond donors (Lipinski definition) is 1. The lowest BCUT2D eigenvalue weighted by Gasteiger charge is -2.18. The smallest absolute Gasteiger partial charge is 0.260 e. The number of nitrogens with one attached hydrogen (secondary N) is 1. The van der Waals surface area contributed by atoms with E-state index in [1.54, 1.807) is 14.0 Å². The molecule has 4 heteroatoms. The van der Waals surface area contributed by atoms with Gasteiger partial charge < -0.3 is 14.8 Å². The normalized spacial score (nSPS) is 11.7. The van der Waals surface area contributed by atoms with Gasteiger partial charge in [0.1, 0.15) is 11.5 Å². The van der Waals surface area contributed by atoms with E-state index in [9.17, 15) is 4.79 Å². The van der Waals surface area contributed by atoms with Gasteiger partial charge in [-0.25, -0.2) is 0 Å². The Kier molecular flexibility index (Phi) is 7.07. The van der Waals surface area contributed by atoms with E-state index >= 15 is 0 Å². The van der Waals surface area contributed by atoms with Crippen LogP contribution >= 0.6 is 0 Å². The second-order valence-corrected chi connectivity index (χ2v) is 6.71. The maximum Gasteiger partial charge on any atom is 0.260 e. The molecule has 2 rings (SSSR count). The molecule has 0 heterocycles. The number of carbonyl (C=O) groups is 1. The van der Waals surface area contributed by atoms with E-state index in [1.807, 2.05) is 32.0 Å². The van der Waals surface area contributed by atoms with Crippen LogP contribution < -0.4 is 14.8 Å². The van der Waals surface area contributed by atoms with Crippen molar-refractivity contribution in [1.29, 1.82) is 0 Å². The summed E-state index contributed by atoms with van der Waals surface area (Å²) in [4.78, 5) is 12.3. The average Bonchev–Trinajstić information content (AvgIpc) is 2.63. The molecule has 0 aliphatic rings. The Morgan fingerprint density at radius 1 is 1.12 bits per heavy atom. The Morgan fingerprint density at radius 2 is 1.81 bits per heavy atom. The molecule has 0 radical (unpaired) electrons. The molecule has 1 unspecified atom stereocenters. The molecular formula is C22H29NO3. The number of hydrogen-bond acceptors (Lipinski definition) is 3. The van der Waals surface area contributed by atoms with Gasteiger partial charge in [-0.2, -0.15) is 0 Å². The number of methoxy groups -OCH3 is 1. The Hall–Kier alpha value is -2.49. The number of rotatable bonds is 8. The zero-order chi connectivity index (χ0) is 19.1. The molecule has 140 valence electrons. The van der Waals surface area contributed by atoms with Crippen molar-refractivity contribution in [2.45, 2.75) is 46.6 Å². The molecule has 1 atom stereocenters. The van der Waals surface area contributed by atoms with Crippen LogP contribution in [0.2, 0.25) is 0 Å². The summed E-state index contributed by atoms with van der Waals surface area (Å²) in [5, 5.41) is 2.96. The number of amides is 1. The Labute approximate surface area is 156 Å². The third-order valence-corrected chi connectivity index (χ3v) is 4.54. The zero-order valence-corrected chi connectivity index (χ0v) is 16.4. The molecule has 4 nitrogen and oxygen atoms in total.